The van der Waals surface area contributed by atoms with E-state index in [1.165, 1.54) is 25.0 Å². The van der Waals surface area contributed by atoms with Crippen molar-refractivity contribution < 1.29 is 0 Å². The van der Waals surface area contributed by atoms with Crippen molar-refractivity contribution in [3.8, 4) is 5.69 Å². The van der Waals surface area contributed by atoms with E-state index in [0.29, 0.717) is 5.92 Å². The highest BCUT2D eigenvalue weighted by atomic mass is 15.3. The molecule has 3 nitrogen and oxygen atoms in total. The van der Waals surface area contributed by atoms with Crippen molar-refractivity contribution >= 4 is 0 Å². The minimum absolute atomic E-state index is 0.616. The molecule has 1 saturated heterocycles. The first-order valence-corrected chi connectivity index (χ1v) is 6.75. The maximum absolute atomic E-state index is 4.73. The van der Waals surface area contributed by atoms with E-state index in [9.17, 15) is 0 Å². The molecule has 2 heterocycles. The predicted molar refractivity (Wildman–Crippen MR) is 73.0 cm³/mol. The molecule has 1 atom stereocenters. The fourth-order valence-corrected chi connectivity index (χ4v) is 2.60. The fourth-order valence-electron chi connectivity index (χ4n) is 2.60. The van der Waals surface area contributed by atoms with Crippen LogP contribution in [-0.4, -0.2) is 22.9 Å². The van der Waals surface area contributed by atoms with Gasteiger partial charge in [0, 0.05) is 12.1 Å². The summed E-state index contributed by atoms with van der Waals surface area (Å²) in [5.41, 5.74) is 2.37. The molecule has 94 valence electrons. The van der Waals surface area contributed by atoms with Crippen LogP contribution >= 0.6 is 0 Å². The molecular weight excluding hydrogens is 222 g/mol. The lowest BCUT2D eigenvalue weighted by molar-refractivity contribution is 0.586. The van der Waals surface area contributed by atoms with Crippen LogP contribution in [0.3, 0.4) is 0 Å². The van der Waals surface area contributed by atoms with Crippen LogP contribution in [0.2, 0.25) is 0 Å². The van der Waals surface area contributed by atoms with Gasteiger partial charge >= 0.3 is 0 Å². The molecule has 1 aliphatic rings. The maximum Gasteiger partial charge on any atom is 0.0660 e. The van der Waals surface area contributed by atoms with Crippen LogP contribution in [-0.2, 0) is 0 Å². The normalized spacial score (nSPS) is 20.6. The summed E-state index contributed by atoms with van der Waals surface area (Å²) in [5.74, 6) is 0.616. The lowest BCUT2D eigenvalue weighted by Crippen LogP contribution is -2.13. The summed E-state index contributed by atoms with van der Waals surface area (Å²) in [4.78, 5) is 0. The average molecular weight is 241 g/mol. The number of hydrogen-bond acceptors (Lipinski definition) is 2. The number of benzene rings is 1. The fraction of sp³-hybridized carbons (Fsp3) is 0.400. The van der Waals surface area contributed by atoms with E-state index in [2.05, 4.69) is 29.7 Å². The van der Waals surface area contributed by atoms with Gasteiger partial charge in [-0.15, -0.1) is 0 Å². The molecule has 0 radical (unpaired) electrons. The number of para-hydroxylation sites is 1. The van der Waals surface area contributed by atoms with Crippen molar-refractivity contribution in [2.45, 2.75) is 25.2 Å². The first-order valence-electron chi connectivity index (χ1n) is 6.75. The Morgan fingerprint density at radius 3 is 2.83 bits per heavy atom. The smallest absolute Gasteiger partial charge is 0.0660 e. The Hall–Kier alpha value is -1.61. The van der Waals surface area contributed by atoms with Gasteiger partial charge in [0.25, 0.3) is 0 Å². The van der Waals surface area contributed by atoms with Gasteiger partial charge in [-0.1, -0.05) is 18.2 Å². The molecule has 1 aromatic carbocycles. The van der Waals surface area contributed by atoms with Gasteiger partial charge in [-0.25, -0.2) is 4.68 Å². The summed E-state index contributed by atoms with van der Waals surface area (Å²) in [6.07, 6.45) is 5.77. The second-order valence-electron chi connectivity index (χ2n) is 4.90. The van der Waals surface area contributed by atoms with E-state index >= 15 is 0 Å². The van der Waals surface area contributed by atoms with Crippen LogP contribution < -0.4 is 5.32 Å². The largest absolute Gasteiger partial charge is 0.317 e. The van der Waals surface area contributed by atoms with Crippen molar-refractivity contribution in [2.24, 2.45) is 0 Å². The molecule has 1 fully saturated rings. The predicted octanol–water partition coefficient (Wildman–Crippen LogP) is 2.73. The summed E-state index contributed by atoms with van der Waals surface area (Å²) in [5, 5.41) is 8.19. The van der Waals surface area contributed by atoms with E-state index in [0.717, 1.165) is 18.8 Å². The highest BCUT2D eigenvalue weighted by Gasteiger charge is 2.16. The Labute approximate surface area is 108 Å². The van der Waals surface area contributed by atoms with Crippen LogP contribution in [0.1, 0.15) is 30.9 Å². The molecule has 3 heteroatoms. The van der Waals surface area contributed by atoms with Gasteiger partial charge in [0.05, 0.1) is 11.4 Å². The third-order valence-corrected chi connectivity index (χ3v) is 3.62. The van der Waals surface area contributed by atoms with Gasteiger partial charge in [0.2, 0.25) is 0 Å². The van der Waals surface area contributed by atoms with Gasteiger partial charge in [-0.05, 0) is 50.6 Å². The monoisotopic (exact) mass is 241 g/mol. The van der Waals surface area contributed by atoms with Gasteiger partial charge in [-0.2, -0.15) is 5.10 Å². The zero-order chi connectivity index (χ0) is 12.2. The molecule has 0 bridgehead atoms. The molecule has 0 spiro atoms. The lowest BCUT2D eigenvalue weighted by Gasteiger charge is -2.10. The Bertz CT molecular complexity index is 481. The average Bonchev–Trinajstić information content (AvgIpc) is 2.76. The second kappa shape index (κ2) is 5.36. The van der Waals surface area contributed by atoms with Crippen LogP contribution in [0, 0.1) is 0 Å². The van der Waals surface area contributed by atoms with Crippen LogP contribution in [0.4, 0.5) is 0 Å². The minimum atomic E-state index is 0.616. The van der Waals surface area contributed by atoms with Crippen LogP contribution in [0.25, 0.3) is 5.69 Å². The van der Waals surface area contributed by atoms with Gasteiger partial charge in [-0.3, -0.25) is 0 Å². The first-order chi connectivity index (χ1) is 8.93. The highest BCUT2D eigenvalue weighted by Crippen LogP contribution is 2.25. The Kier molecular flexibility index (Phi) is 3.42. The van der Waals surface area contributed by atoms with E-state index in [1.54, 1.807) is 0 Å². The van der Waals surface area contributed by atoms with E-state index in [4.69, 9.17) is 5.10 Å². The summed E-state index contributed by atoms with van der Waals surface area (Å²) in [6, 6.07) is 12.5. The quantitative estimate of drug-likeness (QED) is 0.876. The summed E-state index contributed by atoms with van der Waals surface area (Å²) >= 11 is 0. The third-order valence-electron chi connectivity index (χ3n) is 3.62. The van der Waals surface area contributed by atoms with Gasteiger partial charge in [0.15, 0.2) is 0 Å². The lowest BCUT2D eigenvalue weighted by atomic mass is 9.97. The summed E-state index contributed by atoms with van der Waals surface area (Å²) in [7, 11) is 0. The topological polar surface area (TPSA) is 29.9 Å². The molecule has 0 saturated carbocycles. The summed E-state index contributed by atoms with van der Waals surface area (Å²) < 4.78 is 1.98. The second-order valence-corrected chi connectivity index (χ2v) is 4.90. The number of aromatic nitrogens is 2. The van der Waals surface area contributed by atoms with Gasteiger partial charge < -0.3 is 5.32 Å². The number of nitrogens with zero attached hydrogens (tertiary/aromatic N) is 2. The van der Waals surface area contributed by atoms with Crippen LogP contribution in [0.15, 0.2) is 42.6 Å². The van der Waals surface area contributed by atoms with E-state index < -0.39 is 0 Å². The maximum atomic E-state index is 4.73. The van der Waals surface area contributed by atoms with Crippen molar-refractivity contribution in [1.82, 2.24) is 15.1 Å². The molecule has 1 aliphatic heterocycles. The number of nitrogens with one attached hydrogen (secondary N) is 1. The highest BCUT2D eigenvalue weighted by molar-refractivity contribution is 5.30. The number of rotatable bonds is 2. The standard InChI is InChI=1S/C15H19N3/c1-2-6-14(7-3-1)18-12-9-15(17-18)13-5-4-10-16-11-8-13/h1-3,6-7,9,12-13,16H,4-5,8,10-11H2. The van der Waals surface area contributed by atoms with Crippen LogP contribution in [0.5, 0.6) is 0 Å². The zero-order valence-corrected chi connectivity index (χ0v) is 10.5. The number of hydrogen-bond donors (Lipinski definition) is 1. The Morgan fingerprint density at radius 1 is 1.06 bits per heavy atom. The molecule has 1 N–H and O–H groups in total. The molecule has 0 amide bonds. The summed E-state index contributed by atoms with van der Waals surface area (Å²) in [6.45, 7) is 2.26. The Balaban J connectivity index is 1.80. The van der Waals surface area contributed by atoms with Gasteiger partial charge in [0.1, 0.15) is 0 Å². The first kappa shape index (κ1) is 11.5. The zero-order valence-electron chi connectivity index (χ0n) is 10.5. The van der Waals surface area contributed by atoms with Crippen molar-refractivity contribution in [3.05, 3.63) is 48.3 Å². The molecule has 1 aromatic heterocycles. The Morgan fingerprint density at radius 2 is 1.94 bits per heavy atom. The molecule has 3 rings (SSSR count). The van der Waals surface area contributed by atoms with Crippen molar-refractivity contribution in [2.75, 3.05) is 13.1 Å². The molecule has 1 unspecified atom stereocenters. The third kappa shape index (κ3) is 2.46. The molecule has 0 aliphatic carbocycles. The molecule has 18 heavy (non-hydrogen) atoms. The molecule has 2 aromatic rings. The van der Waals surface area contributed by atoms with Crippen molar-refractivity contribution in [3.63, 3.8) is 0 Å². The molecular formula is C15H19N3. The SMILES string of the molecule is c1ccc(-n2ccc(C3CCCNCC3)n2)cc1. The minimum Gasteiger partial charge on any atom is -0.317 e. The van der Waals surface area contributed by atoms with E-state index in [1.807, 2.05) is 22.9 Å². The van der Waals surface area contributed by atoms with Crippen molar-refractivity contribution in [1.29, 1.82) is 0 Å². The van der Waals surface area contributed by atoms with E-state index in [-0.39, 0.29) is 0 Å².